The maximum Gasteiger partial charge on any atom is 0.251 e. The van der Waals surface area contributed by atoms with Gasteiger partial charge in [-0.3, -0.25) is 4.79 Å². The molecule has 1 heterocycles. The van der Waals surface area contributed by atoms with E-state index in [1.165, 1.54) is 25.6 Å². The van der Waals surface area contributed by atoms with Crippen molar-refractivity contribution in [2.24, 2.45) is 0 Å². The third-order valence-corrected chi connectivity index (χ3v) is 3.53. The predicted octanol–water partition coefficient (Wildman–Crippen LogP) is 3.42. The highest BCUT2D eigenvalue weighted by molar-refractivity contribution is 5.95. The summed E-state index contributed by atoms with van der Waals surface area (Å²) >= 11 is 0. The van der Waals surface area contributed by atoms with Crippen LogP contribution < -0.4 is 10.1 Å². The molecule has 1 aromatic heterocycles. The van der Waals surface area contributed by atoms with E-state index in [4.69, 9.17) is 9.15 Å². The molecule has 3 rings (SSSR count). The van der Waals surface area contributed by atoms with Crippen LogP contribution in [-0.4, -0.2) is 18.0 Å². The van der Waals surface area contributed by atoms with Gasteiger partial charge in [0.15, 0.2) is 12.2 Å². The fraction of sp³-hybridized carbons (Fsp3) is 0.111. The minimum Gasteiger partial charge on any atom is -0.496 e. The summed E-state index contributed by atoms with van der Waals surface area (Å²) in [4.78, 5) is 16.1. The summed E-state index contributed by atoms with van der Waals surface area (Å²) in [7, 11) is 1.52. The van der Waals surface area contributed by atoms with E-state index in [2.05, 4.69) is 10.3 Å². The van der Waals surface area contributed by atoms with E-state index in [1.54, 1.807) is 36.5 Å². The first kappa shape index (κ1) is 15.7. The van der Waals surface area contributed by atoms with Gasteiger partial charge in [-0.1, -0.05) is 12.1 Å². The normalized spacial score (nSPS) is 10.4. The molecule has 1 N–H and O–H groups in total. The Kier molecular flexibility index (Phi) is 4.56. The lowest BCUT2D eigenvalue weighted by Gasteiger charge is -2.10. The fourth-order valence-electron chi connectivity index (χ4n) is 2.27. The van der Waals surface area contributed by atoms with Crippen molar-refractivity contribution in [3.63, 3.8) is 0 Å². The second-order valence-corrected chi connectivity index (χ2v) is 5.09. The molecule has 0 saturated heterocycles. The van der Waals surface area contributed by atoms with Crippen LogP contribution in [0.15, 0.2) is 59.5 Å². The third kappa shape index (κ3) is 3.43. The Morgan fingerprint density at radius 1 is 1.25 bits per heavy atom. The molecule has 0 spiro atoms. The molecule has 0 aliphatic rings. The SMILES string of the molecule is COc1cc(C(=O)NCc2ccc(F)cc2)ccc1-c1cnco1. The lowest BCUT2D eigenvalue weighted by Crippen LogP contribution is -2.22. The van der Waals surface area contributed by atoms with Gasteiger partial charge in [0.1, 0.15) is 11.6 Å². The van der Waals surface area contributed by atoms with Gasteiger partial charge >= 0.3 is 0 Å². The quantitative estimate of drug-likeness (QED) is 0.780. The van der Waals surface area contributed by atoms with Crippen LogP contribution in [0.4, 0.5) is 4.39 Å². The van der Waals surface area contributed by atoms with Crippen molar-refractivity contribution >= 4 is 5.91 Å². The molecule has 122 valence electrons. The number of nitrogens with one attached hydrogen (secondary N) is 1. The van der Waals surface area contributed by atoms with Crippen molar-refractivity contribution in [1.29, 1.82) is 0 Å². The maximum absolute atomic E-state index is 12.9. The van der Waals surface area contributed by atoms with Crippen LogP contribution in [0.2, 0.25) is 0 Å². The molecule has 0 saturated carbocycles. The highest BCUT2D eigenvalue weighted by Crippen LogP contribution is 2.30. The van der Waals surface area contributed by atoms with Crippen molar-refractivity contribution in [2.75, 3.05) is 7.11 Å². The molecule has 3 aromatic rings. The van der Waals surface area contributed by atoms with Crippen LogP contribution in [0.5, 0.6) is 5.75 Å². The van der Waals surface area contributed by atoms with Crippen LogP contribution >= 0.6 is 0 Å². The van der Waals surface area contributed by atoms with Gasteiger partial charge < -0.3 is 14.5 Å². The van der Waals surface area contributed by atoms with Crippen molar-refractivity contribution in [1.82, 2.24) is 10.3 Å². The fourth-order valence-corrected chi connectivity index (χ4v) is 2.27. The number of amides is 1. The second kappa shape index (κ2) is 6.95. The number of benzene rings is 2. The lowest BCUT2D eigenvalue weighted by atomic mass is 10.1. The first-order chi connectivity index (χ1) is 11.7. The summed E-state index contributed by atoms with van der Waals surface area (Å²) in [5.74, 6) is 0.519. The Morgan fingerprint density at radius 2 is 2.04 bits per heavy atom. The number of oxazole rings is 1. The number of aromatic nitrogens is 1. The average Bonchev–Trinajstić information content (AvgIpc) is 3.15. The van der Waals surface area contributed by atoms with E-state index in [0.717, 1.165) is 5.56 Å². The summed E-state index contributed by atoms with van der Waals surface area (Å²) in [6.45, 7) is 0.311. The zero-order chi connectivity index (χ0) is 16.9. The zero-order valence-electron chi connectivity index (χ0n) is 13.0. The smallest absolute Gasteiger partial charge is 0.251 e. The van der Waals surface area contributed by atoms with E-state index in [9.17, 15) is 9.18 Å². The first-order valence-corrected chi connectivity index (χ1v) is 7.27. The molecule has 0 radical (unpaired) electrons. The van der Waals surface area contributed by atoms with Crippen LogP contribution in [0.25, 0.3) is 11.3 Å². The summed E-state index contributed by atoms with van der Waals surface area (Å²) in [5, 5.41) is 2.79. The van der Waals surface area contributed by atoms with Gasteiger partial charge in [-0.25, -0.2) is 9.37 Å². The maximum atomic E-state index is 12.9. The summed E-state index contributed by atoms with van der Waals surface area (Å²) in [6.07, 6.45) is 2.91. The zero-order valence-corrected chi connectivity index (χ0v) is 13.0. The summed E-state index contributed by atoms with van der Waals surface area (Å²) < 4.78 is 23.5. The van der Waals surface area contributed by atoms with Crippen molar-refractivity contribution < 1.29 is 18.3 Å². The molecule has 5 nitrogen and oxygen atoms in total. The number of ether oxygens (including phenoxy) is 1. The van der Waals surface area contributed by atoms with Crippen molar-refractivity contribution in [2.45, 2.75) is 6.54 Å². The Bertz CT molecular complexity index is 830. The van der Waals surface area contributed by atoms with Crippen LogP contribution in [0.3, 0.4) is 0 Å². The largest absolute Gasteiger partial charge is 0.496 e. The highest BCUT2D eigenvalue weighted by atomic mass is 19.1. The molecule has 1 amide bonds. The van der Waals surface area contributed by atoms with Gasteiger partial charge in [0.2, 0.25) is 0 Å². The minimum atomic E-state index is -0.308. The monoisotopic (exact) mass is 326 g/mol. The van der Waals surface area contributed by atoms with Gasteiger partial charge in [0, 0.05) is 12.1 Å². The van der Waals surface area contributed by atoms with Crippen molar-refractivity contribution in [3.8, 4) is 17.1 Å². The molecule has 0 bridgehead atoms. The molecule has 24 heavy (non-hydrogen) atoms. The first-order valence-electron chi connectivity index (χ1n) is 7.27. The number of hydrogen-bond donors (Lipinski definition) is 1. The van der Waals surface area contributed by atoms with E-state index < -0.39 is 0 Å². The van der Waals surface area contributed by atoms with Gasteiger partial charge in [0.05, 0.1) is 18.9 Å². The molecule has 0 atom stereocenters. The van der Waals surface area contributed by atoms with Gasteiger partial charge in [-0.05, 0) is 35.9 Å². The number of halogens is 1. The number of hydrogen-bond acceptors (Lipinski definition) is 4. The van der Waals surface area contributed by atoms with Gasteiger partial charge in [0.25, 0.3) is 5.91 Å². The van der Waals surface area contributed by atoms with Crippen LogP contribution in [0, 0.1) is 5.82 Å². The van der Waals surface area contributed by atoms with Gasteiger partial charge in [-0.15, -0.1) is 0 Å². The van der Waals surface area contributed by atoms with E-state index >= 15 is 0 Å². The van der Waals surface area contributed by atoms with Crippen LogP contribution in [0.1, 0.15) is 15.9 Å². The summed E-state index contributed by atoms with van der Waals surface area (Å²) in [6, 6.07) is 11.0. The Balaban J connectivity index is 1.74. The number of carbonyl (C=O) groups excluding carboxylic acids is 1. The minimum absolute atomic E-state index is 0.248. The molecular formula is C18H15FN2O3. The Morgan fingerprint density at radius 3 is 2.71 bits per heavy atom. The van der Waals surface area contributed by atoms with E-state index in [-0.39, 0.29) is 11.7 Å². The Hall–Kier alpha value is -3.15. The number of carbonyl (C=O) groups is 1. The number of nitrogens with zero attached hydrogens (tertiary/aromatic N) is 1. The molecule has 0 fully saturated rings. The van der Waals surface area contributed by atoms with E-state index in [0.29, 0.717) is 29.2 Å². The molecule has 2 aromatic carbocycles. The summed E-state index contributed by atoms with van der Waals surface area (Å²) in [5.41, 5.74) is 1.98. The molecule has 0 aliphatic carbocycles. The molecule has 0 aliphatic heterocycles. The number of rotatable bonds is 5. The van der Waals surface area contributed by atoms with E-state index in [1.807, 2.05) is 0 Å². The number of methoxy groups -OCH3 is 1. The van der Waals surface area contributed by atoms with Crippen LogP contribution in [-0.2, 0) is 6.54 Å². The van der Waals surface area contributed by atoms with Gasteiger partial charge in [-0.2, -0.15) is 0 Å². The predicted molar refractivity (Wildman–Crippen MR) is 86.1 cm³/mol. The standard InChI is InChI=1S/C18H15FN2O3/c1-23-16-8-13(4-7-15(16)17-10-20-11-24-17)18(22)21-9-12-2-5-14(19)6-3-12/h2-8,10-11H,9H2,1H3,(H,21,22). The van der Waals surface area contributed by atoms with Crippen molar-refractivity contribution in [3.05, 3.63) is 72.0 Å². The second-order valence-electron chi connectivity index (χ2n) is 5.09. The highest BCUT2D eigenvalue weighted by Gasteiger charge is 2.13. The Labute approximate surface area is 138 Å². The topological polar surface area (TPSA) is 64.4 Å². The lowest BCUT2D eigenvalue weighted by molar-refractivity contribution is 0.0950. The molecule has 6 heteroatoms. The third-order valence-electron chi connectivity index (χ3n) is 3.53. The molecular weight excluding hydrogens is 311 g/mol. The average molecular weight is 326 g/mol. The molecule has 0 unspecified atom stereocenters.